The van der Waals surface area contributed by atoms with Gasteiger partial charge in [-0.25, -0.2) is 0 Å². The standard InChI is InChI=1S/C14H22N2O2/c1-16(8-4-7-14(17)18-2)11-13-6-3-5-12(9-13)10-15/h3,5-6,9H,4,7-8,10-11,15H2,1-2H3. The van der Waals surface area contributed by atoms with Crippen molar-refractivity contribution < 1.29 is 9.53 Å². The van der Waals surface area contributed by atoms with Crippen LogP contribution in [0.3, 0.4) is 0 Å². The fourth-order valence-corrected chi connectivity index (χ4v) is 1.84. The Morgan fingerprint density at radius 3 is 2.78 bits per heavy atom. The third-order valence-electron chi connectivity index (χ3n) is 2.83. The summed E-state index contributed by atoms with van der Waals surface area (Å²) in [6, 6.07) is 8.27. The highest BCUT2D eigenvalue weighted by molar-refractivity contribution is 5.69. The molecule has 1 rings (SSSR count). The van der Waals surface area contributed by atoms with Crippen molar-refractivity contribution in [2.24, 2.45) is 5.73 Å². The molecule has 0 heterocycles. The van der Waals surface area contributed by atoms with E-state index in [1.54, 1.807) is 0 Å². The van der Waals surface area contributed by atoms with E-state index < -0.39 is 0 Å². The normalized spacial score (nSPS) is 10.7. The van der Waals surface area contributed by atoms with Crippen LogP contribution in [0.4, 0.5) is 0 Å². The lowest BCUT2D eigenvalue weighted by Crippen LogP contribution is -2.20. The van der Waals surface area contributed by atoms with Gasteiger partial charge in [0.25, 0.3) is 0 Å². The number of nitrogens with zero attached hydrogens (tertiary/aromatic N) is 1. The van der Waals surface area contributed by atoms with Gasteiger partial charge in [0.15, 0.2) is 0 Å². The first-order chi connectivity index (χ1) is 8.65. The zero-order valence-corrected chi connectivity index (χ0v) is 11.2. The molecule has 4 heteroatoms. The molecule has 0 spiro atoms. The van der Waals surface area contributed by atoms with E-state index in [1.165, 1.54) is 12.7 Å². The Hall–Kier alpha value is -1.39. The first-order valence-electron chi connectivity index (χ1n) is 6.19. The minimum atomic E-state index is -0.145. The van der Waals surface area contributed by atoms with Crippen molar-refractivity contribution in [1.29, 1.82) is 0 Å². The van der Waals surface area contributed by atoms with Gasteiger partial charge >= 0.3 is 5.97 Å². The molecular formula is C14H22N2O2. The molecule has 0 atom stereocenters. The highest BCUT2D eigenvalue weighted by atomic mass is 16.5. The molecule has 0 amide bonds. The van der Waals surface area contributed by atoms with E-state index >= 15 is 0 Å². The van der Waals surface area contributed by atoms with Crippen LogP contribution in [0.1, 0.15) is 24.0 Å². The van der Waals surface area contributed by atoms with E-state index in [0.717, 1.165) is 25.1 Å². The summed E-state index contributed by atoms with van der Waals surface area (Å²) < 4.78 is 4.61. The number of carbonyl (C=O) groups is 1. The maximum absolute atomic E-state index is 11.0. The number of methoxy groups -OCH3 is 1. The van der Waals surface area contributed by atoms with Gasteiger partial charge in [-0.15, -0.1) is 0 Å². The summed E-state index contributed by atoms with van der Waals surface area (Å²) in [6.45, 7) is 2.32. The summed E-state index contributed by atoms with van der Waals surface area (Å²) in [7, 11) is 3.47. The molecule has 100 valence electrons. The fourth-order valence-electron chi connectivity index (χ4n) is 1.84. The van der Waals surface area contributed by atoms with E-state index in [0.29, 0.717) is 13.0 Å². The predicted octanol–water partition coefficient (Wildman–Crippen LogP) is 1.53. The maximum atomic E-state index is 11.0. The molecule has 0 bridgehead atoms. The maximum Gasteiger partial charge on any atom is 0.305 e. The summed E-state index contributed by atoms with van der Waals surface area (Å²) in [6.07, 6.45) is 1.30. The molecule has 0 radical (unpaired) electrons. The lowest BCUT2D eigenvalue weighted by Gasteiger charge is -2.16. The number of hydrogen-bond acceptors (Lipinski definition) is 4. The van der Waals surface area contributed by atoms with E-state index in [-0.39, 0.29) is 5.97 Å². The number of nitrogens with two attached hydrogens (primary N) is 1. The van der Waals surface area contributed by atoms with Crippen LogP contribution in [-0.2, 0) is 22.6 Å². The van der Waals surface area contributed by atoms with Gasteiger partial charge in [0.1, 0.15) is 0 Å². The highest BCUT2D eigenvalue weighted by Gasteiger charge is 2.04. The number of hydrogen-bond donors (Lipinski definition) is 1. The van der Waals surface area contributed by atoms with Gasteiger partial charge in [-0.3, -0.25) is 4.79 Å². The minimum absolute atomic E-state index is 0.145. The van der Waals surface area contributed by atoms with E-state index in [2.05, 4.69) is 21.8 Å². The van der Waals surface area contributed by atoms with Crippen LogP contribution in [-0.4, -0.2) is 31.6 Å². The van der Waals surface area contributed by atoms with Gasteiger partial charge in [-0.05, 0) is 31.1 Å². The molecule has 18 heavy (non-hydrogen) atoms. The number of esters is 1. The van der Waals surface area contributed by atoms with Crippen molar-refractivity contribution in [2.75, 3.05) is 20.7 Å². The Balaban J connectivity index is 2.34. The number of rotatable bonds is 7. The first-order valence-corrected chi connectivity index (χ1v) is 6.19. The van der Waals surface area contributed by atoms with Gasteiger partial charge in [0.2, 0.25) is 0 Å². The summed E-state index contributed by atoms with van der Waals surface area (Å²) >= 11 is 0. The van der Waals surface area contributed by atoms with Crippen LogP contribution in [0.2, 0.25) is 0 Å². The van der Waals surface area contributed by atoms with Gasteiger partial charge in [0.05, 0.1) is 7.11 Å². The molecule has 1 aromatic carbocycles. The zero-order chi connectivity index (χ0) is 13.4. The average Bonchev–Trinajstić information content (AvgIpc) is 2.38. The van der Waals surface area contributed by atoms with Crippen molar-refractivity contribution in [3.63, 3.8) is 0 Å². The van der Waals surface area contributed by atoms with Crippen molar-refractivity contribution in [1.82, 2.24) is 4.90 Å². The summed E-state index contributed by atoms with van der Waals surface area (Å²) in [5.41, 5.74) is 8.01. The Kier molecular flexibility index (Phi) is 6.39. The molecule has 2 N–H and O–H groups in total. The second kappa shape index (κ2) is 7.84. The summed E-state index contributed by atoms with van der Waals surface area (Å²) in [4.78, 5) is 13.2. The summed E-state index contributed by atoms with van der Waals surface area (Å²) in [5.74, 6) is -0.145. The molecule has 0 saturated carbocycles. The first kappa shape index (κ1) is 14.7. The van der Waals surface area contributed by atoms with Gasteiger partial charge in [-0.1, -0.05) is 24.3 Å². The molecule has 4 nitrogen and oxygen atoms in total. The number of carbonyl (C=O) groups excluding carboxylic acids is 1. The molecule has 1 aromatic rings. The SMILES string of the molecule is COC(=O)CCCN(C)Cc1cccc(CN)c1. The van der Waals surface area contributed by atoms with Crippen LogP contribution in [0.15, 0.2) is 24.3 Å². The molecule has 0 saturated heterocycles. The number of ether oxygens (including phenoxy) is 1. The van der Waals surface area contributed by atoms with Crippen LogP contribution in [0, 0.1) is 0 Å². The fraction of sp³-hybridized carbons (Fsp3) is 0.500. The van der Waals surface area contributed by atoms with Crippen LogP contribution >= 0.6 is 0 Å². The van der Waals surface area contributed by atoms with Crippen molar-refractivity contribution in [3.8, 4) is 0 Å². The van der Waals surface area contributed by atoms with Crippen LogP contribution in [0.25, 0.3) is 0 Å². The van der Waals surface area contributed by atoms with Crippen LogP contribution in [0.5, 0.6) is 0 Å². The predicted molar refractivity (Wildman–Crippen MR) is 71.9 cm³/mol. The largest absolute Gasteiger partial charge is 0.469 e. The molecule has 0 unspecified atom stereocenters. The Morgan fingerprint density at radius 2 is 2.11 bits per heavy atom. The quantitative estimate of drug-likeness (QED) is 0.746. The van der Waals surface area contributed by atoms with E-state index in [9.17, 15) is 4.79 Å². The minimum Gasteiger partial charge on any atom is -0.469 e. The Morgan fingerprint density at radius 1 is 1.39 bits per heavy atom. The van der Waals surface area contributed by atoms with Gasteiger partial charge < -0.3 is 15.4 Å². The van der Waals surface area contributed by atoms with Gasteiger partial charge in [0, 0.05) is 19.5 Å². The Bertz CT molecular complexity index is 380. The lowest BCUT2D eigenvalue weighted by molar-refractivity contribution is -0.140. The Labute approximate surface area is 109 Å². The molecule has 0 aliphatic carbocycles. The van der Waals surface area contributed by atoms with E-state index in [1.807, 2.05) is 19.2 Å². The van der Waals surface area contributed by atoms with E-state index in [4.69, 9.17) is 5.73 Å². The zero-order valence-electron chi connectivity index (χ0n) is 11.2. The molecule has 0 aliphatic rings. The lowest BCUT2D eigenvalue weighted by atomic mass is 10.1. The molecule has 0 fully saturated rings. The second-order valence-electron chi connectivity index (χ2n) is 4.44. The van der Waals surface area contributed by atoms with Crippen molar-refractivity contribution >= 4 is 5.97 Å². The monoisotopic (exact) mass is 250 g/mol. The average molecular weight is 250 g/mol. The van der Waals surface area contributed by atoms with Crippen molar-refractivity contribution in [2.45, 2.75) is 25.9 Å². The molecular weight excluding hydrogens is 228 g/mol. The number of benzene rings is 1. The topological polar surface area (TPSA) is 55.6 Å². The second-order valence-corrected chi connectivity index (χ2v) is 4.44. The smallest absolute Gasteiger partial charge is 0.305 e. The summed E-state index contributed by atoms with van der Waals surface area (Å²) in [5, 5.41) is 0. The molecule has 0 aromatic heterocycles. The molecule has 0 aliphatic heterocycles. The third-order valence-corrected chi connectivity index (χ3v) is 2.83. The highest BCUT2D eigenvalue weighted by Crippen LogP contribution is 2.07. The van der Waals surface area contributed by atoms with Gasteiger partial charge in [-0.2, -0.15) is 0 Å². The third kappa shape index (κ3) is 5.29. The van der Waals surface area contributed by atoms with Crippen LogP contribution < -0.4 is 5.73 Å². The van der Waals surface area contributed by atoms with Crippen molar-refractivity contribution in [3.05, 3.63) is 35.4 Å².